The zero-order valence-corrected chi connectivity index (χ0v) is 19.7. The Kier molecular flexibility index (Phi) is 7.32. The maximum Gasteiger partial charge on any atom is 0.255 e. The summed E-state index contributed by atoms with van der Waals surface area (Å²) in [6.07, 6.45) is 1.80. The van der Waals surface area contributed by atoms with E-state index in [1.165, 1.54) is 5.56 Å². The summed E-state index contributed by atoms with van der Waals surface area (Å²) in [4.78, 5) is 15.7. The third-order valence-electron chi connectivity index (χ3n) is 6.20. The molecule has 1 atom stereocenters. The third kappa shape index (κ3) is 6.04. The van der Waals surface area contributed by atoms with Gasteiger partial charge < -0.3 is 10.1 Å². The first-order valence-corrected chi connectivity index (χ1v) is 12.1. The van der Waals surface area contributed by atoms with Gasteiger partial charge in [0.25, 0.3) is 5.91 Å². The second-order valence-corrected chi connectivity index (χ2v) is 8.86. The Morgan fingerprint density at radius 3 is 2.20 bits per heavy atom. The monoisotopic (exact) mass is 466 g/mol. The van der Waals surface area contributed by atoms with Crippen molar-refractivity contribution < 1.29 is 9.53 Å². The molecule has 6 heteroatoms. The van der Waals surface area contributed by atoms with E-state index in [0.29, 0.717) is 31.0 Å². The molecule has 1 saturated heterocycles. The van der Waals surface area contributed by atoms with Gasteiger partial charge in [-0.25, -0.2) is 0 Å². The summed E-state index contributed by atoms with van der Waals surface area (Å²) >= 11 is 0. The van der Waals surface area contributed by atoms with E-state index in [0.717, 1.165) is 30.8 Å². The average Bonchev–Trinajstić information content (AvgIpc) is 3.33. The second kappa shape index (κ2) is 11.1. The standard InChI is InChI=1S/C29H30N4O2/c34-29(30-18-26-21-32(16-17-35-26)19-23-10-4-1-5-11-23)27-22-33(20-24-12-6-2-7-13-24)31-28(27)25-14-8-3-9-15-25/h1-15,22,26H,16-21H2,(H,30,34). The fourth-order valence-corrected chi connectivity index (χ4v) is 4.44. The van der Waals surface area contributed by atoms with Crippen molar-refractivity contribution >= 4 is 5.91 Å². The van der Waals surface area contributed by atoms with Gasteiger partial charge in [0.05, 0.1) is 24.8 Å². The number of morpholine rings is 1. The molecule has 6 nitrogen and oxygen atoms in total. The Morgan fingerprint density at radius 1 is 0.886 bits per heavy atom. The quantitative estimate of drug-likeness (QED) is 0.422. The van der Waals surface area contributed by atoms with Crippen LogP contribution in [-0.2, 0) is 17.8 Å². The van der Waals surface area contributed by atoms with Crippen molar-refractivity contribution in [3.05, 3.63) is 114 Å². The minimum Gasteiger partial charge on any atom is -0.374 e. The molecule has 178 valence electrons. The summed E-state index contributed by atoms with van der Waals surface area (Å²) in [5.41, 5.74) is 4.61. The number of ether oxygens (including phenoxy) is 1. The average molecular weight is 467 g/mol. The number of rotatable bonds is 8. The van der Waals surface area contributed by atoms with E-state index < -0.39 is 0 Å². The number of nitrogens with zero attached hydrogens (tertiary/aromatic N) is 3. The molecule has 4 aromatic rings. The summed E-state index contributed by atoms with van der Waals surface area (Å²) in [6, 6.07) is 30.4. The number of carbonyl (C=O) groups is 1. The number of hydrogen-bond donors (Lipinski definition) is 1. The number of hydrogen-bond acceptors (Lipinski definition) is 4. The Morgan fingerprint density at radius 2 is 1.51 bits per heavy atom. The van der Waals surface area contributed by atoms with Crippen LogP contribution >= 0.6 is 0 Å². The molecule has 5 rings (SSSR count). The van der Waals surface area contributed by atoms with Gasteiger partial charge in [-0.05, 0) is 11.1 Å². The first-order valence-electron chi connectivity index (χ1n) is 12.1. The van der Waals surface area contributed by atoms with Crippen LogP contribution in [0, 0.1) is 0 Å². The lowest BCUT2D eigenvalue weighted by Gasteiger charge is -2.33. The molecule has 1 aliphatic rings. The van der Waals surface area contributed by atoms with Crippen molar-refractivity contribution in [2.24, 2.45) is 0 Å². The lowest BCUT2D eigenvalue weighted by molar-refractivity contribution is -0.0292. The van der Waals surface area contributed by atoms with E-state index >= 15 is 0 Å². The topological polar surface area (TPSA) is 59.4 Å². The highest BCUT2D eigenvalue weighted by Crippen LogP contribution is 2.22. The van der Waals surface area contributed by atoms with Gasteiger partial charge in [0.2, 0.25) is 0 Å². The van der Waals surface area contributed by atoms with Crippen LogP contribution in [-0.4, -0.2) is 52.9 Å². The summed E-state index contributed by atoms with van der Waals surface area (Å²) in [6.45, 7) is 4.30. The number of nitrogens with one attached hydrogen (secondary N) is 1. The normalized spacial score (nSPS) is 16.2. The van der Waals surface area contributed by atoms with E-state index in [1.807, 2.05) is 65.5 Å². The second-order valence-electron chi connectivity index (χ2n) is 8.86. The molecule has 0 radical (unpaired) electrons. The minimum atomic E-state index is -0.132. The molecule has 1 fully saturated rings. The Labute approximate surface area is 206 Å². The minimum absolute atomic E-state index is 0.0454. The maximum absolute atomic E-state index is 13.3. The van der Waals surface area contributed by atoms with Gasteiger partial charge in [0.1, 0.15) is 5.69 Å². The molecular formula is C29H30N4O2. The molecule has 0 aliphatic carbocycles. The van der Waals surface area contributed by atoms with E-state index in [-0.39, 0.29) is 12.0 Å². The zero-order chi connectivity index (χ0) is 23.9. The number of carbonyl (C=O) groups excluding carboxylic acids is 1. The lowest BCUT2D eigenvalue weighted by Crippen LogP contribution is -2.47. The van der Waals surface area contributed by atoms with Crippen LogP contribution in [0.5, 0.6) is 0 Å². The van der Waals surface area contributed by atoms with Crippen molar-refractivity contribution in [1.29, 1.82) is 0 Å². The molecule has 1 amide bonds. The molecule has 1 N–H and O–H groups in total. The number of benzene rings is 3. The Balaban J connectivity index is 1.26. The summed E-state index contributed by atoms with van der Waals surface area (Å²) in [5, 5.41) is 7.86. The van der Waals surface area contributed by atoms with Gasteiger partial charge in [0, 0.05) is 37.9 Å². The summed E-state index contributed by atoms with van der Waals surface area (Å²) in [5.74, 6) is -0.132. The molecule has 2 heterocycles. The van der Waals surface area contributed by atoms with E-state index in [1.54, 1.807) is 0 Å². The summed E-state index contributed by atoms with van der Waals surface area (Å²) < 4.78 is 7.79. The molecule has 0 saturated carbocycles. The fraction of sp³-hybridized carbons (Fsp3) is 0.241. The van der Waals surface area contributed by atoms with Crippen molar-refractivity contribution in [2.45, 2.75) is 19.2 Å². The van der Waals surface area contributed by atoms with Crippen LogP contribution < -0.4 is 5.32 Å². The highest BCUT2D eigenvalue weighted by Gasteiger charge is 2.23. The van der Waals surface area contributed by atoms with Gasteiger partial charge in [-0.2, -0.15) is 5.10 Å². The number of amides is 1. The van der Waals surface area contributed by atoms with Crippen molar-refractivity contribution in [1.82, 2.24) is 20.0 Å². The SMILES string of the molecule is O=C(NCC1CN(Cc2ccccc2)CCO1)c1cn(Cc2ccccc2)nc1-c1ccccc1. The van der Waals surface area contributed by atoms with E-state index in [2.05, 4.69) is 46.6 Å². The Hall–Kier alpha value is -3.74. The number of aromatic nitrogens is 2. The van der Waals surface area contributed by atoms with Gasteiger partial charge in [-0.15, -0.1) is 0 Å². The largest absolute Gasteiger partial charge is 0.374 e. The Bertz CT molecular complexity index is 1230. The van der Waals surface area contributed by atoms with Crippen LogP contribution in [0.1, 0.15) is 21.5 Å². The molecule has 1 unspecified atom stereocenters. The highest BCUT2D eigenvalue weighted by atomic mass is 16.5. The van der Waals surface area contributed by atoms with E-state index in [9.17, 15) is 4.79 Å². The van der Waals surface area contributed by atoms with Crippen LogP contribution in [0.15, 0.2) is 97.2 Å². The summed E-state index contributed by atoms with van der Waals surface area (Å²) in [7, 11) is 0. The molecule has 35 heavy (non-hydrogen) atoms. The predicted octanol–water partition coefficient (Wildman–Crippen LogP) is 4.23. The molecule has 3 aromatic carbocycles. The molecule has 1 aromatic heterocycles. The van der Waals surface area contributed by atoms with Gasteiger partial charge in [0.15, 0.2) is 0 Å². The maximum atomic E-state index is 13.3. The van der Waals surface area contributed by atoms with Gasteiger partial charge >= 0.3 is 0 Å². The molecule has 1 aliphatic heterocycles. The third-order valence-corrected chi connectivity index (χ3v) is 6.20. The lowest BCUT2D eigenvalue weighted by atomic mass is 10.1. The van der Waals surface area contributed by atoms with Gasteiger partial charge in [-0.3, -0.25) is 14.4 Å². The van der Waals surface area contributed by atoms with Crippen LogP contribution in [0.4, 0.5) is 0 Å². The first kappa shape index (κ1) is 23.0. The van der Waals surface area contributed by atoms with Gasteiger partial charge in [-0.1, -0.05) is 91.0 Å². The van der Waals surface area contributed by atoms with Crippen LogP contribution in [0.2, 0.25) is 0 Å². The zero-order valence-electron chi connectivity index (χ0n) is 19.7. The molecule has 0 spiro atoms. The van der Waals surface area contributed by atoms with Crippen LogP contribution in [0.25, 0.3) is 11.3 Å². The smallest absolute Gasteiger partial charge is 0.255 e. The predicted molar refractivity (Wildman–Crippen MR) is 137 cm³/mol. The van der Waals surface area contributed by atoms with Crippen molar-refractivity contribution in [2.75, 3.05) is 26.2 Å². The highest BCUT2D eigenvalue weighted by molar-refractivity contribution is 5.99. The fourth-order valence-electron chi connectivity index (χ4n) is 4.44. The van der Waals surface area contributed by atoms with Crippen molar-refractivity contribution in [3.63, 3.8) is 0 Å². The first-order chi connectivity index (χ1) is 17.2. The van der Waals surface area contributed by atoms with Crippen LogP contribution in [0.3, 0.4) is 0 Å². The van der Waals surface area contributed by atoms with E-state index in [4.69, 9.17) is 9.84 Å². The molecular weight excluding hydrogens is 436 g/mol. The molecule has 0 bridgehead atoms. The van der Waals surface area contributed by atoms with Crippen molar-refractivity contribution in [3.8, 4) is 11.3 Å².